The van der Waals surface area contributed by atoms with E-state index >= 15 is 0 Å². The van der Waals surface area contributed by atoms with E-state index in [1.807, 2.05) is 6.92 Å². The summed E-state index contributed by atoms with van der Waals surface area (Å²) in [6.07, 6.45) is 10.1. The van der Waals surface area contributed by atoms with Crippen LogP contribution in [0.1, 0.15) is 86.5 Å². The fourth-order valence-electron chi connectivity index (χ4n) is 6.40. The zero-order chi connectivity index (χ0) is 28.9. The lowest BCUT2D eigenvalue weighted by molar-refractivity contribution is -0.277. The van der Waals surface area contributed by atoms with Gasteiger partial charge in [-0.1, -0.05) is 44.9 Å². The second-order valence-electron chi connectivity index (χ2n) is 13.2. The SMILES string of the molecule is CCC[C@]1(C)C[C@@H](O)[C@H](CC/C(C)=C/[C@@H](C)[C@@H]2C[C@@](C)(O[Si](C)(C)C)[C@](C[C@H](C)/C=C/C(=O)O)(OC)O2)O1. The first-order valence-electron chi connectivity index (χ1n) is 14.3. The van der Waals surface area contributed by atoms with Gasteiger partial charge in [-0.25, -0.2) is 4.79 Å². The standard InChI is InChI=1S/C30H54O7Si/c1-11-16-28(5)19-24(31)25(35-28)14-12-21(2)17-23(4)26-20-29(6,37-38(8,9)10)30(34-7,36-26)18-22(3)13-15-27(32)33/h13,15,17,22-26,31H,11-12,14,16,18-20H2,1-10H3,(H,32,33)/b15-13+,21-17+/t22-,23-,24-,25+,26+,28-,29-,30-/m1/s1. The highest BCUT2D eigenvalue weighted by Crippen LogP contribution is 2.50. The summed E-state index contributed by atoms with van der Waals surface area (Å²) in [4.78, 5) is 11.1. The molecule has 38 heavy (non-hydrogen) atoms. The molecule has 2 heterocycles. The predicted octanol–water partition coefficient (Wildman–Crippen LogP) is 6.47. The van der Waals surface area contributed by atoms with Gasteiger partial charge in [0.25, 0.3) is 0 Å². The molecule has 2 N–H and O–H groups in total. The molecule has 2 aliphatic rings. The van der Waals surface area contributed by atoms with Crippen molar-refractivity contribution in [3.63, 3.8) is 0 Å². The third-order valence-corrected chi connectivity index (χ3v) is 9.06. The number of rotatable bonds is 14. The predicted molar refractivity (Wildman–Crippen MR) is 154 cm³/mol. The van der Waals surface area contributed by atoms with E-state index in [0.29, 0.717) is 19.3 Å². The Balaban J connectivity index is 2.16. The topological polar surface area (TPSA) is 94.5 Å². The molecular weight excluding hydrogens is 500 g/mol. The van der Waals surface area contributed by atoms with Gasteiger partial charge < -0.3 is 28.8 Å². The molecule has 0 unspecified atom stereocenters. The van der Waals surface area contributed by atoms with Crippen molar-refractivity contribution in [3.05, 3.63) is 23.8 Å². The molecule has 0 saturated carbocycles. The number of aliphatic hydroxyl groups excluding tert-OH is 1. The summed E-state index contributed by atoms with van der Waals surface area (Å²) in [5.41, 5.74) is 0.369. The Morgan fingerprint density at radius 2 is 1.84 bits per heavy atom. The van der Waals surface area contributed by atoms with Crippen LogP contribution in [-0.4, -0.2) is 66.9 Å². The first kappa shape index (κ1) is 33.2. The van der Waals surface area contributed by atoms with E-state index in [0.717, 1.165) is 25.7 Å². The molecule has 0 radical (unpaired) electrons. The first-order valence-corrected chi connectivity index (χ1v) is 17.8. The lowest BCUT2D eigenvalue weighted by Gasteiger charge is -2.45. The van der Waals surface area contributed by atoms with Gasteiger partial charge in [0.1, 0.15) is 5.60 Å². The molecule has 8 atom stereocenters. The average molecular weight is 555 g/mol. The molecule has 2 aliphatic heterocycles. The summed E-state index contributed by atoms with van der Waals surface area (Å²) in [6.45, 7) is 19.1. The minimum atomic E-state index is -1.96. The second kappa shape index (κ2) is 13.1. The molecule has 0 aromatic carbocycles. The molecular formula is C30H54O7Si. The Morgan fingerprint density at radius 3 is 2.39 bits per heavy atom. The highest BCUT2D eigenvalue weighted by Gasteiger charge is 2.60. The summed E-state index contributed by atoms with van der Waals surface area (Å²) >= 11 is 0. The van der Waals surface area contributed by atoms with Crippen molar-refractivity contribution in [2.45, 2.75) is 141 Å². The summed E-state index contributed by atoms with van der Waals surface area (Å²) in [5.74, 6) is -1.89. The van der Waals surface area contributed by atoms with Crippen LogP contribution >= 0.6 is 0 Å². The summed E-state index contributed by atoms with van der Waals surface area (Å²) in [6, 6.07) is 0. The number of carbonyl (C=O) groups is 1. The van der Waals surface area contributed by atoms with Crippen molar-refractivity contribution in [1.82, 2.24) is 0 Å². The highest BCUT2D eigenvalue weighted by molar-refractivity contribution is 6.69. The molecule has 0 aromatic rings. The van der Waals surface area contributed by atoms with Crippen LogP contribution in [0.15, 0.2) is 23.8 Å². The summed E-state index contributed by atoms with van der Waals surface area (Å²) in [5, 5.41) is 19.6. The second-order valence-corrected chi connectivity index (χ2v) is 17.6. The normalized spacial score (nSPS) is 36.2. The van der Waals surface area contributed by atoms with Crippen molar-refractivity contribution in [2.24, 2.45) is 11.8 Å². The number of hydrogen-bond acceptors (Lipinski definition) is 6. The number of carboxylic acids is 1. The van der Waals surface area contributed by atoms with Crippen LogP contribution in [0.2, 0.25) is 19.6 Å². The van der Waals surface area contributed by atoms with Gasteiger partial charge in [-0.05, 0) is 65.6 Å². The van der Waals surface area contributed by atoms with Crippen LogP contribution in [0.3, 0.4) is 0 Å². The number of aliphatic carboxylic acids is 1. The average Bonchev–Trinajstić information content (AvgIpc) is 3.22. The number of ether oxygens (including phenoxy) is 3. The van der Waals surface area contributed by atoms with Crippen LogP contribution in [0.5, 0.6) is 0 Å². The van der Waals surface area contributed by atoms with E-state index in [1.54, 1.807) is 13.2 Å². The van der Waals surface area contributed by atoms with Gasteiger partial charge in [0, 0.05) is 38.4 Å². The fourth-order valence-corrected chi connectivity index (χ4v) is 8.00. The number of aliphatic hydroxyl groups is 1. The molecule has 0 aromatic heterocycles. The molecule has 8 heteroatoms. The van der Waals surface area contributed by atoms with Crippen LogP contribution in [0, 0.1) is 11.8 Å². The molecule has 0 spiro atoms. The minimum absolute atomic E-state index is 0.0711. The van der Waals surface area contributed by atoms with Gasteiger partial charge in [-0.3, -0.25) is 0 Å². The van der Waals surface area contributed by atoms with Gasteiger partial charge in [0.15, 0.2) is 14.1 Å². The zero-order valence-corrected chi connectivity index (χ0v) is 26.5. The molecule has 220 valence electrons. The van der Waals surface area contributed by atoms with Crippen molar-refractivity contribution >= 4 is 14.3 Å². The van der Waals surface area contributed by atoms with E-state index < -0.39 is 31.8 Å². The van der Waals surface area contributed by atoms with Crippen molar-refractivity contribution in [2.75, 3.05) is 7.11 Å². The third-order valence-electron chi connectivity index (χ3n) is 8.00. The first-order chi connectivity index (χ1) is 17.5. The minimum Gasteiger partial charge on any atom is -0.478 e. The molecule has 0 amide bonds. The van der Waals surface area contributed by atoms with Crippen molar-refractivity contribution in [1.29, 1.82) is 0 Å². The third kappa shape index (κ3) is 8.73. The lowest BCUT2D eigenvalue weighted by atomic mass is 9.84. The van der Waals surface area contributed by atoms with E-state index in [2.05, 4.69) is 60.3 Å². The maximum atomic E-state index is 11.1. The lowest BCUT2D eigenvalue weighted by Crippen LogP contribution is -2.56. The van der Waals surface area contributed by atoms with Gasteiger partial charge in [-0.15, -0.1) is 0 Å². The number of carboxylic acid groups (broad SMARTS) is 1. The summed E-state index contributed by atoms with van der Waals surface area (Å²) in [7, 11) is -0.301. The van der Waals surface area contributed by atoms with Crippen LogP contribution in [-0.2, 0) is 23.4 Å². The van der Waals surface area contributed by atoms with Gasteiger partial charge >= 0.3 is 5.97 Å². The summed E-state index contributed by atoms with van der Waals surface area (Å²) < 4.78 is 25.9. The molecule has 2 fully saturated rings. The Bertz CT molecular complexity index is 852. The zero-order valence-electron chi connectivity index (χ0n) is 25.5. The molecule has 2 saturated heterocycles. The van der Waals surface area contributed by atoms with E-state index in [9.17, 15) is 9.90 Å². The van der Waals surface area contributed by atoms with E-state index in [4.69, 9.17) is 23.7 Å². The largest absolute Gasteiger partial charge is 0.478 e. The van der Waals surface area contributed by atoms with Gasteiger partial charge in [0.05, 0.1) is 23.9 Å². The molecule has 0 bridgehead atoms. The van der Waals surface area contributed by atoms with Crippen molar-refractivity contribution < 1.29 is 33.6 Å². The van der Waals surface area contributed by atoms with Crippen LogP contribution in [0.25, 0.3) is 0 Å². The quantitative estimate of drug-likeness (QED) is 0.144. The van der Waals surface area contributed by atoms with Gasteiger partial charge in [0.2, 0.25) is 0 Å². The van der Waals surface area contributed by atoms with Crippen LogP contribution in [0.4, 0.5) is 0 Å². The highest BCUT2D eigenvalue weighted by atomic mass is 28.4. The van der Waals surface area contributed by atoms with Crippen LogP contribution < -0.4 is 0 Å². The number of allylic oxidation sites excluding steroid dienone is 2. The maximum absolute atomic E-state index is 11.1. The van der Waals surface area contributed by atoms with Gasteiger partial charge in [-0.2, -0.15) is 0 Å². The van der Waals surface area contributed by atoms with E-state index in [-0.39, 0.29) is 29.6 Å². The Morgan fingerprint density at radius 1 is 1.18 bits per heavy atom. The Kier molecular flexibility index (Phi) is 11.4. The maximum Gasteiger partial charge on any atom is 0.327 e. The fraction of sp³-hybridized carbons (Fsp3) is 0.833. The smallest absolute Gasteiger partial charge is 0.327 e. The van der Waals surface area contributed by atoms with Crippen molar-refractivity contribution in [3.8, 4) is 0 Å². The molecule has 2 rings (SSSR count). The monoisotopic (exact) mass is 554 g/mol. The Labute approximate surface area is 232 Å². The molecule has 7 nitrogen and oxygen atoms in total. The molecule has 0 aliphatic carbocycles. The number of hydrogen-bond donors (Lipinski definition) is 2. The van der Waals surface area contributed by atoms with E-state index in [1.165, 1.54) is 11.6 Å². The Hall–Kier alpha value is -1.03. The number of methoxy groups -OCH3 is 1.